The summed E-state index contributed by atoms with van der Waals surface area (Å²) in [4.78, 5) is 29.7. The van der Waals surface area contributed by atoms with Gasteiger partial charge in [0.05, 0.1) is 6.04 Å². The largest absolute Gasteiger partial charge is 0.361 e. The van der Waals surface area contributed by atoms with Gasteiger partial charge in [0.1, 0.15) is 5.76 Å². The van der Waals surface area contributed by atoms with E-state index in [1.54, 1.807) is 17.9 Å². The van der Waals surface area contributed by atoms with Crippen molar-refractivity contribution in [3.63, 3.8) is 0 Å². The molecule has 2 aromatic carbocycles. The number of aromatic nitrogens is 1. The Bertz CT molecular complexity index is 1080. The summed E-state index contributed by atoms with van der Waals surface area (Å²) in [5, 5.41) is 4.02. The van der Waals surface area contributed by atoms with Gasteiger partial charge in [-0.05, 0) is 43.5 Å². The SMILES string of the molecule is CCCc1cc(C(=O)N2c3ccccc3[C@@H](N(C(C)=O)c3ccccc3)C[C@H]2C)no1. The number of fused-ring (bicyclic) bond motifs is 1. The Labute approximate surface area is 182 Å². The van der Waals surface area contributed by atoms with Crippen LogP contribution in [-0.4, -0.2) is 23.0 Å². The molecule has 0 unspecified atom stereocenters. The molecule has 1 aliphatic rings. The second kappa shape index (κ2) is 8.76. The molecule has 0 saturated heterocycles. The van der Waals surface area contributed by atoms with Crippen LogP contribution in [0.25, 0.3) is 0 Å². The predicted octanol–water partition coefficient (Wildman–Crippen LogP) is 5.16. The summed E-state index contributed by atoms with van der Waals surface area (Å²) < 4.78 is 5.34. The molecule has 6 nitrogen and oxygen atoms in total. The van der Waals surface area contributed by atoms with Crippen LogP contribution in [-0.2, 0) is 11.2 Å². The van der Waals surface area contributed by atoms with Gasteiger partial charge in [-0.1, -0.05) is 48.5 Å². The highest BCUT2D eigenvalue weighted by Gasteiger charge is 2.38. The van der Waals surface area contributed by atoms with Crippen LogP contribution >= 0.6 is 0 Å². The molecular weight excluding hydrogens is 390 g/mol. The molecule has 4 rings (SSSR count). The Morgan fingerprint density at radius 3 is 2.55 bits per heavy atom. The van der Waals surface area contributed by atoms with Crippen LogP contribution in [0.5, 0.6) is 0 Å². The summed E-state index contributed by atoms with van der Waals surface area (Å²) in [7, 11) is 0. The molecule has 31 heavy (non-hydrogen) atoms. The average molecular weight is 418 g/mol. The average Bonchev–Trinajstić information content (AvgIpc) is 3.23. The van der Waals surface area contributed by atoms with E-state index in [0.29, 0.717) is 17.9 Å². The van der Waals surface area contributed by atoms with Crippen LogP contribution in [0.1, 0.15) is 61.5 Å². The lowest BCUT2D eigenvalue weighted by Gasteiger charge is -2.43. The highest BCUT2D eigenvalue weighted by atomic mass is 16.5. The van der Waals surface area contributed by atoms with Crippen LogP contribution < -0.4 is 9.80 Å². The van der Waals surface area contributed by atoms with Gasteiger partial charge in [0.2, 0.25) is 5.91 Å². The maximum atomic E-state index is 13.4. The number of para-hydroxylation sites is 2. The van der Waals surface area contributed by atoms with Crippen molar-refractivity contribution in [2.45, 2.75) is 52.1 Å². The third-order valence-corrected chi connectivity index (χ3v) is 5.74. The number of anilines is 2. The molecule has 0 saturated carbocycles. The Kier molecular flexibility index (Phi) is 5.89. The quantitative estimate of drug-likeness (QED) is 0.575. The van der Waals surface area contributed by atoms with Crippen LogP contribution in [0.3, 0.4) is 0 Å². The highest BCUT2D eigenvalue weighted by Crippen LogP contribution is 2.42. The number of carbonyl (C=O) groups excluding carboxylic acids is 2. The molecule has 160 valence electrons. The Hall–Kier alpha value is -3.41. The fourth-order valence-corrected chi connectivity index (χ4v) is 4.41. The minimum Gasteiger partial charge on any atom is -0.361 e. The maximum absolute atomic E-state index is 13.4. The van der Waals surface area contributed by atoms with Crippen molar-refractivity contribution in [1.29, 1.82) is 0 Å². The summed E-state index contributed by atoms with van der Waals surface area (Å²) >= 11 is 0. The topological polar surface area (TPSA) is 66.7 Å². The van der Waals surface area contributed by atoms with Crippen molar-refractivity contribution in [1.82, 2.24) is 5.16 Å². The van der Waals surface area contributed by atoms with E-state index >= 15 is 0 Å². The van der Waals surface area contributed by atoms with Crippen molar-refractivity contribution in [2.75, 3.05) is 9.80 Å². The molecule has 2 heterocycles. The van der Waals surface area contributed by atoms with Gasteiger partial charge in [0.25, 0.3) is 5.91 Å². The van der Waals surface area contributed by atoms with Gasteiger partial charge in [-0.3, -0.25) is 9.59 Å². The summed E-state index contributed by atoms with van der Waals surface area (Å²) in [6, 6.07) is 18.9. The molecule has 0 radical (unpaired) electrons. The number of aryl methyl sites for hydroxylation is 1. The van der Waals surface area contributed by atoms with Crippen LogP contribution in [0.2, 0.25) is 0 Å². The van der Waals surface area contributed by atoms with E-state index in [0.717, 1.165) is 29.8 Å². The second-order valence-corrected chi connectivity index (χ2v) is 7.99. The van der Waals surface area contributed by atoms with E-state index in [-0.39, 0.29) is 23.9 Å². The van der Waals surface area contributed by atoms with Crippen LogP contribution in [0, 0.1) is 0 Å². The zero-order valence-corrected chi connectivity index (χ0v) is 18.1. The third kappa shape index (κ3) is 3.98. The molecule has 2 atom stereocenters. The van der Waals surface area contributed by atoms with Gasteiger partial charge in [0.15, 0.2) is 5.69 Å². The van der Waals surface area contributed by atoms with Gasteiger partial charge in [-0.15, -0.1) is 0 Å². The molecule has 0 bridgehead atoms. The lowest BCUT2D eigenvalue weighted by atomic mass is 9.89. The van der Waals surface area contributed by atoms with Crippen molar-refractivity contribution < 1.29 is 14.1 Å². The zero-order chi connectivity index (χ0) is 22.0. The van der Waals surface area contributed by atoms with E-state index in [1.807, 2.05) is 66.4 Å². The standard InChI is InChI=1S/C25H27N3O3/c1-4-10-20-16-22(26-31-20)25(30)27-17(2)15-24(21-13-8-9-14-23(21)27)28(18(3)29)19-11-6-5-7-12-19/h5-9,11-14,16-17,24H,4,10,15H2,1-3H3/t17-,24+/m1/s1. The lowest BCUT2D eigenvalue weighted by Crippen LogP contribution is -2.47. The normalized spacial score (nSPS) is 17.8. The van der Waals surface area contributed by atoms with Crippen LogP contribution in [0.4, 0.5) is 11.4 Å². The smallest absolute Gasteiger partial charge is 0.280 e. The molecule has 0 spiro atoms. The van der Waals surface area contributed by atoms with E-state index in [4.69, 9.17) is 4.52 Å². The first-order valence-corrected chi connectivity index (χ1v) is 10.7. The molecule has 6 heteroatoms. The number of amides is 2. The van der Waals surface area contributed by atoms with E-state index in [2.05, 4.69) is 12.1 Å². The number of benzene rings is 2. The van der Waals surface area contributed by atoms with Crippen molar-refractivity contribution in [2.24, 2.45) is 0 Å². The van der Waals surface area contributed by atoms with E-state index in [9.17, 15) is 9.59 Å². The lowest BCUT2D eigenvalue weighted by molar-refractivity contribution is -0.117. The minimum absolute atomic E-state index is 0.0290. The summed E-state index contributed by atoms with van der Waals surface area (Å²) in [6.45, 7) is 5.65. The van der Waals surface area contributed by atoms with Gasteiger partial charge in [0, 0.05) is 36.8 Å². The molecule has 1 aliphatic heterocycles. The summed E-state index contributed by atoms with van der Waals surface area (Å²) in [5.74, 6) is 0.505. The van der Waals surface area contributed by atoms with Gasteiger partial charge >= 0.3 is 0 Å². The van der Waals surface area contributed by atoms with Crippen molar-refractivity contribution in [3.8, 4) is 0 Å². The number of nitrogens with zero attached hydrogens (tertiary/aromatic N) is 3. The first-order valence-electron chi connectivity index (χ1n) is 10.7. The molecular formula is C25H27N3O3. The fourth-order valence-electron chi connectivity index (χ4n) is 4.41. The predicted molar refractivity (Wildman–Crippen MR) is 120 cm³/mol. The number of carbonyl (C=O) groups is 2. The molecule has 0 fully saturated rings. The highest BCUT2D eigenvalue weighted by molar-refractivity contribution is 6.06. The van der Waals surface area contributed by atoms with Crippen LogP contribution in [0.15, 0.2) is 65.2 Å². The summed E-state index contributed by atoms with van der Waals surface area (Å²) in [6.07, 6.45) is 2.30. The molecule has 2 amide bonds. The molecule has 0 aliphatic carbocycles. The van der Waals surface area contributed by atoms with E-state index < -0.39 is 0 Å². The third-order valence-electron chi connectivity index (χ3n) is 5.74. The van der Waals surface area contributed by atoms with E-state index in [1.165, 1.54) is 0 Å². The number of hydrogen-bond acceptors (Lipinski definition) is 4. The van der Waals surface area contributed by atoms with Gasteiger partial charge in [-0.2, -0.15) is 0 Å². The first-order chi connectivity index (χ1) is 15.0. The minimum atomic E-state index is -0.182. The zero-order valence-electron chi connectivity index (χ0n) is 18.1. The summed E-state index contributed by atoms with van der Waals surface area (Å²) in [5.41, 5.74) is 2.92. The van der Waals surface area contributed by atoms with Gasteiger partial charge in [-0.25, -0.2) is 0 Å². The monoisotopic (exact) mass is 417 g/mol. The van der Waals surface area contributed by atoms with Crippen molar-refractivity contribution >= 4 is 23.2 Å². The maximum Gasteiger partial charge on any atom is 0.280 e. The Morgan fingerprint density at radius 2 is 1.84 bits per heavy atom. The Balaban J connectivity index is 1.74. The van der Waals surface area contributed by atoms with Crippen molar-refractivity contribution in [3.05, 3.63) is 77.7 Å². The fraction of sp³-hybridized carbons (Fsp3) is 0.320. The van der Waals surface area contributed by atoms with Gasteiger partial charge < -0.3 is 14.3 Å². The number of hydrogen-bond donors (Lipinski definition) is 0. The molecule has 1 aromatic heterocycles. The number of rotatable bonds is 5. The Morgan fingerprint density at radius 1 is 1.13 bits per heavy atom. The molecule has 0 N–H and O–H groups in total. The molecule has 3 aromatic rings. The second-order valence-electron chi connectivity index (χ2n) is 7.99. The first kappa shape index (κ1) is 20.8.